The Hall–Kier alpha value is -1.20. The maximum atomic E-state index is 13.2. The molecule has 1 rings (SSSR count). The van der Waals surface area contributed by atoms with Crippen molar-refractivity contribution >= 4 is 17.2 Å². The van der Waals surface area contributed by atoms with E-state index in [0.717, 1.165) is 0 Å². The van der Waals surface area contributed by atoms with Crippen LogP contribution in [0.4, 0.5) is 4.39 Å². The Morgan fingerprint density at radius 2 is 2.29 bits per heavy atom. The molecule has 76 valence electrons. The van der Waals surface area contributed by atoms with E-state index < -0.39 is 5.82 Å². The maximum absolute atomic E-state index is 13.2. The van der Waals surface area contributed by atoms with E-state index in [1.54, 1.807) is 6.07 Å². The second-order valence-electron chi connectivity index (χ2n) is 2.55. The number of nitrogens with two attached hydrogens (primary N) is 1. The molecule has 14 heavy (non-hydrogen) atoms. The molecule has 3 N–H and O–H groups in total. The lowest BCUT2D eigenvalue weighted by molar-refractivity contribution is 0.200. The van der Waals surface area contributed by atoms with Crippen molar-refractivity contribution in [3.8, 4) is 5.75 Å². The maximum Gasteiger partial charge on any atom is 0.137 e. The molecule has 0 aromatic heterocycles. The van der Waals surface area contributed by atoms with Gasteiger partial charge in [-0.15, -0.1) is 0 Å². The third kappa shape index (κ3) is 2.40. The minimum Gasteiger partial charge on any atom is -0.490 e. The molecule has 0 saturated heterocycles. The highest BCUT2D eigenvalue weighted by Crippen LogP contribution is 2.21. The van der Waals surface area contributed by atoms with Crippen LogP contribution in [0.1, 0.15) is 5.56 Å². The van der Waals surface area contributed by atoms with Gasteiger partial charge in [-0.25, -0.2) is 4.39 Å². The van der Waals surface area contributed by atoms with Crippen LogP contribution in [0.25, 0.3) is 0 Å². The number of benzene rings is 1. The largest absolute Gasteiger partial charge is 0.490 e. The van der Waals surface area contributed by atoms with Gasteiger partial charge in [-0.3, -0.25) is 0 Å². The summed E-state index contributed by atoms with van der Waals surface area (Å²) in [4.78, 5) is -0.0592. The molecular formula is C9H10FNO2S. The van der Waals surface area contributed by atoms with E-state index >= 15 is 0 Å². The molecule has 0 fully saturated rings. The lowest BCUT2D eigenvalue weighted by Gasteiger charge is -2.09. The summed E-state index contributed by atoms with van der Waals surface area (Å²) in [6.45, 7) is -0.0631. The quantitative estimate of drug-likeness (QED) is 0.730. The summed E-state index contributed by atoms with van der Waals surface area (Å²) in [7, 11) is 0. The van der Waals surface area contributed by atoms with Crippen molar-refractivity contribution in [3.63, 3.8) is 0 Å². The van der Waals surface area contributed by atoms with E-state index in [1.165, 1.54) is 12.1 Å². The number of ether oxygens (including phenoxy) is 1. The Labute approximate surface area is 86.3 Å². The predicted octanol–water partition coefficient (Wildman–Crippen LogP) is 0.831. The number of halogens is 1. The highest BCUT2D eigenvalue weighted by molar-refractivity contribution is 7.80. The van der Waals surface area contributed by atoms with Crippen molar-refractivity contribution in [3.05, 3.63) is 29.6 Å². The first-order valence-electron chi connectivity index (χ1n) is 3.98. The van der Waals surface area contributed by atoms with Crippen molar-refractivity contribution in [2.75, 3.05) is 13.2 Å². The SMILES string of the molecule is NC(=S)c1c(F)cccc1OCCO. The first-order valence-corrected chi connectivity index (χ1v) is 4.39. The summed E-state index contributed by atoms with van der Waals surface area (Å²) in [5.74, 6) is -0.264. The normalized spacial score (nSPS) is 9.86. The summed E-state index contributed by atoms with van der Waals surface area (Å²) in [6, 6.07) is 4.29. The highest BCUT2D eigenvalue weighted by Gasteiger charge is 2.11. The Morgan fingerprint density at radius 1 is 1.57 bits per heavy atom. The molecule has 0 spiro atoms. The third-order valence-electron chi connectivity index (χ3n) is 1.57. The third-order valence-corrected chi connectivity index (χ3v) is 1.77. The summed E-state index contributed by atoms with van der Waals surface area (Å²) in [5, 5.41) is 8.54. The topological polar surface area (TPSA) is 55.5 Å². The van der Waals surface area contributed by atoms with Gasteiger partial charge in [0, 0.05) is 0 Å². The number of rotatable bonds is 4. The van der Waals surface area contributed by atoms with Crippen molar-refractivity contribution < 1.29 is 14.2 Å². The van der Waals surface area contributed by atoms with Gasteiger partial charge in [-0.2, -0.15) is 0 Å². The number of aliphatic hydroxyl groups is 1. The fourth-order valence-corrected chi connectivity index (χ4v) is 1.22. The minimum atomic E-state index is -0.520. The molecule has 5 heteroatoms. The van der Waals surface area contributed by atoms with Crippen LogP contribution in [0.15, 0.2) is 18.2 Å². The van der Waals surface area contributed by atoms with Crippen LogP contribution in [-0.4, -0.2) is 23.3 Å². The van der Waals surface area contributed by atoms with Crippen LogP contribution in [0, 0.1) is 5.82 Å². The lowest BCUT2D eigenvalue weighted by Crippen LogP contribution is -2.15. The molecule has 0 atom stereocenters. The predicted molar refractivity (Wildman–Crippen MR) is 54.9 cm³/mol. The van der Waals surface area contributed by atoms with E-state index in [1.807, 2.05) is 0 Å². The molecule has 0 radical (unpaired) electrons. The minimum absolute atomic E-state index is 0.0592. The molecular weight excluding hydrogens is 205 g/mol. The van der Waals surface area contributed by atoms with Crippen molar-refractivity contribution in [2.45, 2.75) is 0 Å². The van der Waals surface area contributed by atoms with Gasteiger partial charge in [0.25, 0.3) is 0 Å². The van der Waals surface area contributed by atoms with Gasteiger partial charge in [0.05, 0.1) is 12.2 Å². The molecule has 0 heterocycles. The van der Waals surface area contributed by atoms with E-state index in [9.17, 15) is 4.39 Å². The average Bonchev–Trinajstić information content (AvgIpc) is 2.14. The fourth-order valence-electron chi connectivity index (χ4n) is 1.02. The van der Waals surface area contributed by atoms with Crippen molar-refractivity contribution in [2.24, 2.45) is 5.73 Å². The van der Waals surface area contributed by atoms with Gasteiger partial charge < -0.3 is 15.6 Å². The fraction of sp³-hybridized carbons (Fsp3) is 0.222. The van der Waals surface area contributed by atoms with Crippen LogP contribution >= 0.6 is 12.2 Å². The molecule has 1 aromatic rings. The molecule has 0 saturated carbocycles. The summed E-state index contributed by atoms with van der Waals surface area (Å²) in [6.07, 6.45) is 0. The summed E-state index contributed by atoms with van der Waals surface area (Å²) in [5.41, 5.74) is 5.42. The van der Waals surface area contributed by atoms with Gasteiger partial charge in [-0.1, -0.05) is 18.3 Å². The standard InChI is InChI=1S/C9H10FNO2S/c10-6-2-1-3-7(13-5-4-12)8(6)9(11)14/h1-3,12H,4-5H2,(H2,11,14). The van der Waals surface area contributed by atoms with Gasteiger partial charge in [0.2, 0.25) is 0 Å². The molecule has 0 aliphatic carbocycles. The van der Waals surface area contributed by atoms with Gasteiger partial charge in [0.15, 0.2) is 0 Å². The van der Waals surface area contributed by atoms with Crippen LogP contribution in [0.2, 0.25) is 0 Å². The monoisotopic (exact) mass is 215 g/mol. The Balaban J connectivity index is 3.02. The van der Waals surface area contributed by atoms with Crippen molar-refractivity contribution in [1.82, 2.24) is 0 Å². The first kappa shape index (κ1) is 10.9. The van der Waals surface area contributed by atoms with Crippen LogP contribution < -0.4 is 10.5 Å². The molecule has 0 aliphatic heterocycles. The molecule has 0 aliphatic rings. The molecule has 0 amide bonds. The van der Waals surface area contributed by atoms with Crippen LogP contribution in [0.3, 0.4) is 0 Å². The van der Waals surface area contributed by atoms with E-state index in [2.05, 4.69) is 12.2 Å². The summed E-state index contributed by atoms with van der Waals surface area (Å²) >= 11 is 4.68. The zero-order valence-corrected chi connectivity index (χ0v) is 8.18. The Morgan fingerprint density at radius 3 is 2.86 bits per heavy atom. The molecule has 3 nitrogen and oxygen atoms in total. The Kier molecular flexibility index (Phi) is 3.79. The van der Waals surface area contributed by atoms with Gasteiger partial charge in [-0.05, 0) is 12.1 Å². The van der Waals surface area contributed by atoms with Gasteiger partial charge in [0.1, 0.15) is 23.2 Å². The number of hydrogen-bond acceptors (Lipinski definition) is 3. The zero-order chi connectivity index (χ0) is 10.6. The Bertz CT molecular complexity index is 344. The molecule has 1 aromatic carbocycles. The summed E-state index contributed by atoms with van der Waals surface area (Å²) < 4.78 is 18.3. The molecule has 0 bridgehead atoms. The van der Waals surface area contributed by atoms with Crippen molar-refractivity contribution in [1.29, 1.82) is 0 Å². The first-order chi connectivity index (χ1) is 6.66. The smallest absolute Gasteiger partial charge is 0.137 e. The van der Waals surface area contributed by atoms with E-state index in [4.69, 9.17) is 15.6 Å². The number of aliphatic hydroxyl groups excluding tert-OH is 1. The second kappa shape index (κ2) is 4.88. The average molecular weight is 215 g/mol. The molecule has 0 unspecified atom stereocenters. The van der Waals surface area contributed by atoms with E-state index in [0.29, 0.717) is 0 Å². The van der Waals surface area contributed by atoms with Crippen LogP contribution in [-0.2, 0) is 0 Å². The number of hydrogen-bond donors (Lipinski definition) is 2. The highest BCUT2D eigenvalue weighted by atomic mass is 32.1. The van der Waals surface area contributed by atoms with Gasteiger partial charge >= 0.3 is 0 Å². The lowest BCUT2D eigenvalue weighted by atomic mass is 10.2. The van der Waals surface area contributed by atoms with Crippen LogP contribution in [0.5, 0.6) is 5.75 Å². The zero-order valence-electron chi connectivity index (χ0n) is 7.37. The number of thiocarbonyl (C=S) groups is 1. The second-order valence-corrected chi connectivity index (χ2v) is 2.99. The van der Waals surface area contributed by atoms with E-state index in [-0.39, 0.29) is 29.5 Å².